The van der Waals surface area contributed by atoms with Crippen molar-refractivity contribution in [1.82, 2.24) is 14.7 Å². The number of anilines is 1. The van der Waals surface area contributed by atoms with Gasteiger partial charge in [0, 0.05) is 23.1 Å². The molecule has 0 bridgehead atoms. The fourth-order valence-electron chi connectivity index (χ4n) is 5.12. The van der Waals surface area contributed by atoms with E-state index < -0.39 is 23.2 Å². The lowest BCUT2D eigenvalue weighted by atomic mass is 9.97. The topological polar surface area (TPSA) is 93.2 Å². The minimum absolute atomic E-state index is 0.0103. The maximum atomic E-state index is 15.7. The van der Waals surface area contributed by atoms with Crippen LogP contribution < -0.4 is 11.1 Å². The third-order valence-electron chi connectivity index (χ3n) is 7.06. The number of aromatic nitrogens is 2. The number of halogens is 2. The van der Waals surface area contributed by atoms with Crippen LogP contribution in [0.5, 0.6) is 0 Å². The van der Waals surface area contributed by atoms with Crippen LogP contribution in [0.15, 0.2) is 30.3 Å². The first-order valence-electron chi connectivity index (χ1n) is 12.5. The second kappa shape index (κ2) is 9.61. The van der Waals surface area contributed by atoms with Gasteiger partial charge in [-0.2, -0.15) is 5.10 Å². The van der Waals surface area contributed by atoms with E-state index in [2.05, 4.69) is 5.32 Å². The van der Waals surface area contributed by atoms with Crippen molar-refractivity contribution in [3.63, 3.8) is 0 Å². The number of fused-ring (bicyclic) bond motifs is 1. The summed E-state index contributed by atoms with van der Waals surface area (Å²) in [5, 5.41) is 7.10. The van der Waals surface area contributed by atoms with Crippen molar-refractivity contribution >= 4 is 17.6 Å². The quantitative estimate of drug-likeness (QED) is 0.449. The number of hydrogen-bond acceptors (Lipinski definition) is 3. The Hall–Kier alpha value is -3.75. The lowest BCUT2D eigenvalue weighted by molar-refractivity contribution is -0.140. The fourth-order valence-corrected chi connectivity index (χ4v) is 5.12. The summed E-state index contributed by atoms with van der Waals surface area (Å²) >= 11 is 0. The monoisotopic (exact) mass is 509 g/mol. The Kier molecular flexibility index (Phi) is 6.83. The molecule has 4 rings (SSSR count). The first kappa shape index (κ1) is 26.3. The summed E-state index contributed by atoms with van der Waals surface area (Å²) in [4.78, 5) is 26.1. The Labute approximate surface area is 215 Å². The van der Waals surface area contributed by atoms with Crippen LogP contribution in [0.2, 0.25) is 0 Å². The van der Waals surface area contributed by atoms with E-state index in [0.29, 0.717) is 29.8 Å². The minimum Gasteiger partial charge on any atom is -0.351 e. The minimum atomic E-state index is -0.994. The van der Waals surface area contributed by atoms with E-state index >= 15 is 8.78 Å². The number of nitrogens with one attached hydrogen (secondary N) is 1. The first-order chi connectivity index (χ1) is 17.4. The molecule has 1 aromatic heterocycles. The summed E-state index contributed by atoms with van der Waals surface area (Å²) in [7, 11) is 0. The zero-order valence-corrected chi connectivity index (χ0v) is 22.1. The highest BCUT2D eigenvalue weighted by Gasteiger charge is 2.46. The number of carbonyl (C=O) groups is 2. The zero-order chi connectivity index (χ0) is 27.2. The average Bonchev–Trinajstić information content (AvgIpc) is 3.33. The summed E-state index contributed by atoms with van der Waals surface area (Å²) in [5.41, 5.74) is 8.56. The highest BCUT2D eigenvalue weighted by molar-refractivity contribution is 5.88. The van der Waals surface area contributed by atoms with Crippen LogP contribution in [0.4, 0.5) is 19.3 Å². The Bertz CT molecular complexity index is 1370. The van der Waals surface area contributed by atoms with Crippen molar-refractivity contribution in [2.45, 2.75) is 66.5 Å². The van der Waals surface area contributed by atoms with Gasteiger partial charge >= 0.3 is 6.03 Å². The van der Waals surface area contributed by atoms with Gasteiger partial charge in [0.15, 0.2) is 0 Å². The largest absolute Gasteiger partial charge is 0.351 e. The Balaban J connectivity index is 2.05. The molecule has 0 spiro atoms. The number of nitrogens with two attached hydrogens (primary N) is 1. The molecule has 2 aromatic carbocycles. The van der Waals surface area contributed by atoms with Gasteiger partial charge in [0.1, 0.15) is 11.6 Å². The molecule has 3 N–H and O–H groups in total. The predicted octanol–water partition coefficient (Wildman–Crippen LogP) is 5.67. The summed E-state index contributed by atoms with van der Waals surface area (Å²) in [6, 6.07) is 6.96. The van der Waals surface area contributed by atoms with E-state index in [0.717, 1.165) is 28.9 Å². The van der Waals surface area contributed by atoms with Crippen LogP contribution in [-0.4, -0.2) is 26.6 Å². The molecule has 2 heterocycles. The lowest BCUT2D eigenvalue weighted by Gasteiger charge is -2.33. The molecule has 0 atom stereocenters. The van der Waals surface area contributed by atoms with Gasteiger partial charge in [-0.1, -0.05) is 45.9 Å². The molecular formula is C28H33F2N5O2. The van der Waals surface area contributed by atoms with E-state index in [1.165, 1.54) is 0 Å². The number of hydrogen-bond donors (Lipinski definition) is 2. The number of rotatable bonds is 6. The second-order valence-corrected chi connectivity index (χ2v) is 10.2. The molecule has 0 saturated carbocycles. The van der Waals surface area contributed by atoms with Crippen molar-refractivity contribution in [2.24, 2.45) is 11.7 Å². The Morgan fingerprint density at radius 1 is 1.11 bits per heavy atom. The van der Waals surface area contributed by atoms with Crippen LogP contribution in [0.25, 0.3) is 16.9 Å². The molecule has 7 nitrogen and oxygen atoms in total. The third-order valence-corrected chi connectivity index (χ3v) is 7.06. The number of primary amides is 1. The lowest BCUT2D eigenvalue weighted by Crippen LogP contribution is -2.43. The van der Waals surface area contributed by atoms with Gasteiger partial charge in [0.25, 0.3) is 0 Å². The van der Waals surface area contributed by atoms with Crippen molar-refractivity contribution in [2.75, 3.05) is 5.32 Å². The van der Waals surface area contributed by atoms with Gasteiger partial charge in [0.05, 0.1) is 34.8 Å². The van der Waals surface area contributed by atoms with Crippen molar-refractivity contribution in [3.05, 3.63) is 64.4 Å². The number of carbonyl (C=O) groups excluding carboxylic acids is 2. The molecule has 3 amide bonds. The van der Waals surface area contributed by atoms with Crippen LogP contribution >= 0.6 is 0 Å². The summed E-state index contributed by atoms with van der Waals surface area (Å²) in [5.74, 6) is -1.85. The van der Waals surface area contributed by atoms with Crippen LogP contribution in [-0.2, 0) is 29.7 Å². The molecular weight excluding hydrogens is 476 g/mol. The molecule has 0 aliphatic carbocycles. The van der Waals surface area contributed by atoms with E-state index in [4.69, 9.17) is 10.8 Å². The third kappa shape index (κ3) is 4.36. The standard InChI is InChI=1S/C28H33F2N5O2/c1-7-16-10-9-11-17(8-2)23(16)35-24(18-12-21(30)22(13-20(18)29)32-27(31)37)19-14-34(26(36)15(3)4)28(5,6)25(19)33-35/h9-13,15H,7-8,14H2,1-6H3,(H3,31,32,37). The summed E-state index contributed by atoms with van der Waals surface area (Å²) < 4.78 is 32.5. The number of para-hydroxylation sites is 1. The Morgan fingerprint density at radius 3 is 2.27 bits per heavy atom. The van der Waals surface area contributed by atoms with Crippen LogP contribution in [0.3, 0.4) is 0 Å². The molecule has 37 heavy (non-hydrogen) atoms. The maximum Gasteiger partial charge on any atom is 0.316 e. The van der Waals surface area contributed by atoms with Gasteiger partial charge in [-0.3, -0.25) is 4.79 Å². The fraction of sp³-hybridized carbons (Fsp3) is 0.393. The number of aryl methyl sites for hydroxylation is 2. The average molecular weight is 510 g/mol. The molecule has 0 fully saturated rings. The van der Waals surface area contributed by atoms with Crippen molar-refractivity contribution in [1.29, 1.82) is 0 Å². The summed E-state index contributed by atoms with van der Waals surface area (Å²) in [6.07, 6.45) is 1.43. The molecule has 1 aliphatic rings. The van der Waals surface area contributed by atoms with Gasteiger partial charge in [-0.05, 0) is 43.9 Å². The zero-order valence-electron chi connectivity index (χ0n) is 22.1. The Morgan fingerprint density at radius 2 is 1.73 bits per heavy atom. The van der Waals surface area contributed by atoms with Gasteiger partial charge < -0.3 is 16.0 Å². The second-order valence-electron chi connectivity index (χ2n) is 10.2. The number of benzene rings is 2. The predicted molar refractivity (Wildman–Crippen MR) is 139 cm³/mol. The molecule has 0 radical (unpaired) electrons. The smallest absolute Gasteiger partial charge is 0.316 e. The van der Waals surface area contributed by atoms with E-state index in [1.54, 1.807) is 9.58 Å². The molecule has 0 saturated heterocycles. The molecule has 0 unspecified atom stereocenters. The van der Waals surface area contributed by atoms with Gasteiger partial charge in [-0.25, -0.2) is 18.3 Å². The van der Waals surface area contributed by atoms with Crippen molar-refractivity contribution in [3.8, 4) is 16.9 Å². The molecule has 196 valence electrons. The van der Waals surface area contributed by atoms with Crippen LogP contribution in [0, 0.1) is 17.6 Å². The maximum absolute atomic E-state index is 15.7. The summed E-state index contributed by atoms with van der Waals surface area (Å²) in [6.45, 7) is 11.8. The van der Waals surface area contributed by atoms with E-state index in [1.807, 2.05) is 59.7 Å². The van der Waals surface area contributed by atoms with E-state index in [9.17, 15) is 9.59 Å². The first-order valence-corrected chi connectivity index (χ1v) is 12.5. The number of urea groups is 1. The van der Waals surface area contributed by atoms with Gasteiger partial charge in [0.2, 0.25) is 5.91 Å². The van der Waals surface area contributed by atoms with E-state index in [-0.39, 0.29) is 29.6 Å². The van der Waals surface area contributed by atoms with Crippen molar-refractivity contribution < 1.29 is 18.4 Å². The number of amides is 3. The normalized spacial score (nSPS) is 14.2. The highest BCUT2D eigenvalue weighted by atomic mass is 19.1. The molecule has 3 aromatic rings. The van der Waals surface area contributed by atoms with Gasteiger partial charge in [-0.15, -0.1) is 0 Å². The molecule has 1 aliphatic heterocycles. The SMILES string of the molecule is CCc1cccc(CC)c1-n1nc2c(c1-c1cc(F)c(NC(N)=O)cc1F)CN(C(=O)C(C)C)C2(C)C. The number of nitrogens with zero attached hydrogens (tertiary/aromatic N) is 3. The van der Waals surface area contributed by atoms with Crippen LogP contribution in [0.1, 0.15) is 63.9 Å². The molecule has 9 heteroatoms. The highest BCUT2D eigenvalue weighted by Crippen LogP contribution is 2.45.